The number of carbonyl (C=O) groups is 1. The Morgan fingerprint density at radius 1 is 1.09 bits per heavy atom. The normalized spacial score (nSPS) is 11.6. The molecule has 2 aromatic carbocycles. The van der Waals surface area contributed by atoms with Crippen molar-refractivity contribution in [1.82, 2.24) is 14.5 Å². The fourth-order valence-corrected chi connectivity index (χ4v) is 3.68. The minimum absolute atomic E-state index is 0.0462. The quantitative estimate of drug-likeness (QED) is 0.398. The fourth-order valence-electron chi connectivity index (χ4n) is 3.19. The van der Waals surface area contributed by atoms with Crippen molar-refractivity contribution < 1.29 is 23.1 Å². The molecule has 0 aliphatic rings. The lowest BCUT2D eigenvalue weighted by Crippen LogP contribution is -2.23. The second kappa shape index (κ2) is 8.96. The van der Waals surface area contributed by atoms with Gasteiger partial charge in [-0.25, -0.2) is 4.98 Å². The third-order valence-electron chi connectivity index (χ3n) is 4.85. The van der Waals surface area contributed by atoms with E-state index in [0.717, 1.165) is 12.3 Å². The number of halogens is 5. The molecule has 0 saturated heterocycles. The highest BCUT2D eigenvalue weighted by Crippen LogP contribution is 2.33. The predicted octanol–water partition coefficient (Wildman–Crippen LogP) is 5.12. The van der Waals surface area contributed by atoms with Gasteiger partial charge in [-0.3, -0.25) is 19.1 Å². The molecule has 1 amide bonds. The van der Waals surface area contributed by atoms with E-state index < -0.39 is 23.3 Å². The van der Waals surface area contributed by atoms with Crippen LogP contribution in [-0.2, 0) is 12.7 Å². The number of aromatic nitrogens is 3. The molecule has 0 radical (unpaired) electrons. The average molecular weight is 509 g/mol. The fraction of sp³-hybridized carbons (Fsp3) is 0.0909. The largest absolute Gasteiger partial charge is 0.505 e. The summed E-state index contributed by atoms with van der Waals surface area (Å²) in [7, 11) is 0. The molecule has 7 nitrogen and oxygen atoms in total. The highest BCUT2D eigenvalue weighted by molar-refractivity contribution is 6.37. The summed E-state index contributed by atoms with van der Waals surface area (Å²) in [6, 6.07) is 9.15. The molecule has 0 saturated carbocycles. The Bertz CT molecular complexity index is 1450. The number of phenols is 1. The van der Waals surface area contributed by atoms with Crippen LogP contribution in [0, 0.1) is 0 Å². The number of rotatable bonds is 4. The second-order valence-corrected chi connectivity index (χ2v) is 7.98. The Balaban J connectivity index is 1.68. The number of nitrogens with zero attached hydrogens (tertiary/aromatic N) is 3. The van der Waals surface area contributed by atoms with E-state index in [2.05, 4.69) is 15.3 Å². The van der Waals surface area contributed by atoms with Gasteiger partial charge in [-0.15, -0.1) is 0 Å². The number of alkyl halides is 3. The Kier molecular flexibility index (Phi) is 6.20. The smallest absolute Gasteiger partial charge is 0.433 e. The standard InChI is InChI=1S/C22H13Cl2F3N4O3/c23-13-6-12(7-14(24)19(13)32)20(33)30-16-3-1-2-15-18(16)21(34)31(10-29-15)9-11-4-5-17(28-8-11)22(25,26)27/h1-8,10,32H,9H2,(H,30,33). The molecule has 34 heavy (non-hydrogen) atoms. The van der Waals surface area contributed by atoms with E-state index in [-0.39, 0.29) is 39.0 Å². The number of fused-ring (bicyclic) bond motifs is 1. The first kappa shape index (κ1) is 23.5. The number of benzene rings is 2. The third-order valence-corrected chi connectivity index (χ3v) is 5.43. The molecule has 0 bridgehead atoms. The SMILES string of the molecule is O=C(Nc1cccc2ncn(Cc3ccc(C(F)(F)F)nc3)c(=O)c12)c1cc(Cl)c(O)c(Cl)c1. The number of anilines is 1. The van der Waals surface area contributed by atoms with Crippen LogP contribution >= 0.6 is 23.2 Å². The molecule has 174 valence electrons. The Morgan fingerprint density at radius 3 is 2.41 bits per heavy atom. The summed E-state index contributed by atoms with van der Waals surface area (Å²) < 4.78 is 39.4. The number of carbonyl (C=O) groups excluding carboxylic acids is 1. The molecule has 0 aliphatic heterocycles. The minimum atomic E-state index is -4.57. The Hall–Kier alpha value is -3.63. The lowest BCUT2D eigenvalue weighted by molar-refractivity contribution is -0.141. The number of phenolic OH excluding ortho intramolecular Hbond substituents is 1. The second-order valence-electron chi connectivity index (χ2n) is 7.17. The van der Waals surface area contributed by atoms with Gasteiger partial charge in [-0.05, 0) is 35.9 Å². The Labute approximate surface area is 199 Å². The highest BCUT2D eigenvalue weighted by Gasteiger charge is 2.32. The van der Waals surface area contributed by atoms with Crippen molar-refractivity contribution in [3.8, 4) is 5.75 Å². The monoisotopic (exact) mass is 508 g/mol. The van der Waals surface area contributed by atoms with Crippen LogP contribution in [-0.4, -0.2) is 25.5 Å². The zero-order valence-corrected chi connectivity index (χ0v) is 18.4. The van der Waals surface area contributed by atoms with Crippen molar-refractivity contribution in [2.75, 3.05) is 5.32 Å². The minimum Gasteiger partial charge on any atom is -0.505 e. The molecule has 2 heterocycles. The zero-order valence-electron chi connectivity index (χ0n) is 16.9. The van der Waals surface area contributed by atoms with Crippen molar-refractivity contribution >= 4 is 45.7 Å². The number of hydrogen-bond acceptors (Lipinski definition) is 5. The zero-order chi connectivity index (χ0) is 24.6. The van der Waals surface area contributed by atoms with E-state index in [4.69, 9.17) is 23.2 Å². The first-order chi connectivity index (χ1) is 16.0. The maximum Gasteiger partial charge on any atom is 0.433 e. The van der Waals surface area contributed by atoms with Crippen LogP contribution in [0.3, 0.4) is 0 Å². The molecule has 2 aromatic heterocycles. The Morgan fingerprint density at radius 2 is 1.79 bits per heavy atom. The van der Waals surface area contributed by atoms with Gasteiger partial charge in [0.15, 0.2) is 5.75 Å². The van der Waals surface area contributed by atoms with E-state index in [1.54, 1.807) is 12.1 Å². The highest BCUT2D eigenvalue weighted by atomic mass is 35.5. The average Bonchev–Trinajstić information content (AvgIpc) is 2.78. The molecule has 0 unspecified atom stereocenters. The van der Waals surface area contributed by atoms with Crippen LogP contribution in [0.15, 0.2) is 59.8 Å². The van der Waals surface area contributed by atoms with Gasteiger partial charge in [0.05, 0.1) is 39.5 Å². The lowest BCUT2D eigenvalue weighted by atomic mass is 10.1. The maximum atomic E-state index is 13.1. The molecule has 0 spiro atoms. The van der Waals surface area contributed by atoms with E-state index >= 15 is 0 Å². The van der Waals surface area contributed by atoms with Crippen molar-refractivity contribution in [2.24, 2.45) is 0 Å². The van der Waals surface area contributed by atoms with Crippen LogP contribution in [0.25, 0.3) is 10.9 Å². The third kappa shape index (κ3) is 4.68. The predicted molar refractivity (Wildman–Crippen MR) is 120 cm³/mol. The number of hydrogen-bond donors (Lipinski definition) is 2. The van der Waals surface area contributed by atoms with Gasteiger partial charge in [-0.1, -0.05) is 35.3 Å². The van der Waals surface area contributed by atoms with E-state index in [1.807, 2.05) is 0 Å². The summed E-state index contributed by atoms with van der Waals surface area (Å²) in [5.74, 6) is -1.01. The van der Waals surface area contributed by atoms with Crippen LogP contribution in [0.4, 0.5) is 18.9 Å². The summed E-state index contributed by atoms with van der Waals surface area (Å²) in [5.41, 5.74) is -0.718. The van der Waals surface area contributed by atoms with Crippen LogP contribution in [0.5, 0.6) is 5.75 Å². The molecular weight excluding hydrogens is 496 g/mol. The number of aromatic hydroxyl groups is 1. The van der Waals surface area contributed by atoms with Crippen molar-refractivity contribution in [1.29, 1.82) is 0 Å². The number of amides is 1. The molecule has 4 rings (SSSR count). The van der Waals surface area contributed by atoms with Crippen LogP contribution in [0.1, 0.15) is 21.6 Å². The molecule has 4 aromatic rings. The van der Waals surface area contributed by atoms with Gasteiger partial charge in [-0.2, -0.15) is 13.2 Å². The summed E-state index contributed by atoms with van der Waals surface area (Å²) in [4.78, 5) is 33.5. The molecule has 0 atom stereocenters. The van der Waals surface area contributed by atoms with Gasteiger partial charge >= 0.3 is 6.18 Å². The maximum absolute atomic E-state index is 13.1. The summed E-state index contributed by atoms with van der Waals surface area (Å²) in [6.45, 7) is -0.0850. The molecular formula is C22H13Cl2F3N4O3. The van der Waals surface area contributed by atoms with Crippen LogP contribution in [0.2, 0.25) is 10.0 Å². The van der Waals surface area contributed by atoms with Crippen molar-refractivity contribution in [3.63, 3.8) is 0 Å². The molecule has 0 fully saturated rings. The van der Waals surface area contributed by atoms with Crippen LogP contribution < -0.4 is 10.9 Å². The summed E-state index contributed by atoms with van der Waals surface area (Å²) in [5, 5.41) is 12.1. The van der Waals surface area contributed by atoms with Gasteiger partial charge in [0.1, 0.15) is 5.69 Å². The number of nitrogens with one attached hydrogen (secondary N) is 1. The molecule has 12 heteroatoms. The number of pyridine rings is 1. The van der Waals surface area contributed by atoms with Gasteiger partial charge < -0.3 is 10.4 Å². The van der Waals surface area contributed by atoms with Gasteiger partial charge in [0.25, 0.3) is 11.5 Å². The van der Waals surface area contributed by atoms with Crippen molar-refractivity contribution in [2.45, 2.75) is 12.7 Å². The lowest BCUT2D eigenvalue weighted by Gasteiger charge is -2.12. The first-order valence-electron chi connectivity index (χ1n) is 9.54. The van der Waals surface area contributed by atoms with E-state index in [0.29, 0.717) is 11.1 Å². The topological polar surface area (TPSA) is 97.1 Å². The van der Waals surface area contributed by atoms with Gasteiger partial charge in [0, 0.05) is 11.8 Å². The summed E-state index contributed by atoms with van der Waals surface area (Å²) in [6.07, 6.45) is -2.28. The van der Waals surface area contributed by atoms with Gasteiger partial charge in [0.2, 0.25) is 0 Å². The van der Waals surface area contributed by atoms with Crippen molar-refractivity contribution in [3.05, 3.63) is 92.2 Å². The van der Waals surface area contributed by atoms with E-state index in [1.165, 1.54) is 35.2 Å². The first-order valence-corrected chi connectivity index (χ1v) is 10.3. The molecule has 2 N–H and O–H groups in total. The molecule has 0 aliphatic carbocycles. The van der Waals surface area contributed by atoms with E-state index in [9.17, 15) is 27.9 Å². The summed E-state index contributed by atoms with van der Waals surface area (Å²) >= 11 is 11.7.